The van der Waals surface area contributed by atoms with Crippen LogP contribution < -0.4 is 5.32 Å². The molecule has 1 unspecified atom stereocenters. The Morgan fingerprint density at radius 2 is 1.90 bits per heavy atom. The standard InChI is InChI=1S/C28H28BrN7O3/c1-17(37)27-23-11-19(21-12-30-18(2)31-13-21)8-9-24(23)36(34-27)16-26(38)35-10-4-5-20(15-35)28(39)32-14-22-6-3-7-25(29)33-22/h3,6-9,11-13,20H,4-5,10,14-16H2,1-2H3,(H,32,39). The van der Waals surface area contributed by atoms with Gasteiger partial charge >= 0.3 is 0 Å². The zero-order valence-corrected chi connectivity index (χ0v) is 23.3. The van der Waals surface area contributed by atoms with Crippen molar-refractivity contribution in [3.05, 3.63) is 70.6 Å². The topological polar surface area (TPSA) is 123 Å². The van der Waals surface area contributed by atoms with Crippen molar-refractivity contribution in [1.29, 1.82) is 0 Å². The number of rotatable bonds is 7. The number of hydrogen-bond acceptors (Lipinski definition) is 7. The number of halogens is 1. The van der Waals surface area contributed by atoms with Crippen molar-refractivity contribution in [2.45, 2.75) is 39.8 Å². The molecule has 4 aromatic rings. The van der Waals surface area contributed by atoms with Gasteiger partial charge in [0.15, 0.2) is 5.78 Å². The lowest BCUT2D eigenvalue weighted by Gasteiger charge is -2.32. The Kier molecular flexibility index (Phi) is 7.78. The van der Waals surface area contributed by atoms with E-state index in [-0.39, 0.29) is 30.1 Å². The van der Waals surface area contributed by atoms with E-state index in [1.807, 2.05) is 43.3 Å². The van der Waals surface area contributed by atoms with Gasteiger partial charge < -0.3 is 10.2 Å². The van der Waals surface area contributed by atoms with E-state index in [0.29, 0.717) is 53.1 Å². The van der Waals surface area contributed by atoms with Crippen LogP contribution in [0.4, 0.5) is 0 Å². The molecule has 200 valence electrons. The predicted octanol–water partition coefficient (Wildman–Crippen LogP) is 3.72. The first kappa shape index (κ1) is 26.6. The van der Waals surface area contributed by atoms with Crippen molar-refractivity contribution in [2.24, 2.45) is 5.92 Å². The summed E-state index contributed by atoms with van der Waals surface area (Å²) in [4.78, 5) is 53.1. The molecule has 1 aliphatic rings. The lowest BCUT2D eigenvalue weighted by atomic mass is 9.97. The lowest BCUT2D eigenvalue weighted by molar-refractivity contribution is -0.136. The molecule has 39 heavy (non-hydrogen) atoms. The van der Waals surface area contributed by atoms with Gasteiger partial charge in [-0.2, -0.15) is 5.10 Å². The van der Waals surface area contributed by atoms with E-state index in [1.165, 1.54) is 6.92 Å². The second-order valence-electron chi connectivity index (χ2n) is 9.66. The van der Waals surface area contributed by atoms with E-state index in [4.69, 9.17) is 0 Å². The number of fused-ring (bicyclic) bond motifs is 1. The summed E-state index contributed by atoms with van der Waals surface area (Å²) in [6.45, 7) is 4.51. The van der Waals surface area contributed by atoms with E-state index < -0.39 is 0 Å². The molecule has 1 aliphatic heterocycles. The average Bonchev–Trinajstić information content (AvgIpc) is 3.30. The monoisotopic (exact) mass is 589 g/mol. The molecule has 3 aromatic heterocycles. The van der Waals surface area contributed by atoms with E-state index in [1.54, 1.807) is 22.0 Å². The molecule has 0 bridgehead atoms. The first-order valence-corrected chi connectivity index (χ1v) is 13.5. The van der Waals surface area contributed by atoms with Gasteiger partial charge in [0.2, 0.25) is 11.8 Å². The summed E-state index contributed by atoms with van der Waals surface area (Å²) in [5, 5.41) is 8.11. The maximum Gasteiger partial charge on any atom is 0.244 e. The van der Waals surface area contributed by atoms with Crippen LogP contribution in [0.15, 0.2) is 53.4 Å². The molecular formula is C28H28BrN7O3. The van der Waals surface area contributed by atoms with Gasteiger partial charge in [-0.05, 0) is 65.5 Å². The van der Waals surface area contributed by atoms with Gasteiger partial charge in [0.1, 0.15) is 22.7 Å². The van der Waals surface area contributed by atoms with E-state index in [9.17, 15) is 14.4 Å². The second kappa shape index (κ2) is 11.4. The molecular weight excluding hydrogens is 562 g/mol. The number of carbonyl (C=O) groups is 3. The van der Waals surface area contributed by atoms with Crippen molar-refractivity contribution in [3.63, 3.8) is 0 Å². The molecule has 0 radical (unpaired) electrons. The van der Waals surface area contributed by atoms with Crippen LogP contribution in [-0.4, -0.2) is 60.3 Å². The molecule has 1 aromatic carbocycles. The summed E-state index contributed by atoms with van der Waals surface area (Å²) in [6.07, 6.45) is 4.93. The van der Waals surface area contributed by atoms with Gasteiger partial charge in [0.25, 0.3) is 0 Å². The molecule has 0 saturated carbocycles. The number of amides is 2. The van der Waals surface area contributed by atoms with Gasteiger partial charge in [-0.25, -0.2) is 15.0 Å². The van der Waals surface area contributed by atoms with E-state index in [2.05, 4.69) is 41.3 Å². The minimum absolute atomic E-state index is 0.0208. The molecule has 1 N–H and O–H groups in total. The van der Waals surface area contributed by atoms with Crippen molar-refractivity contribution < 1.29 is 14.4 Å². The van der Waals surface area contributed by atoms with Gasteiger partial charge in [-0.15, -0.1) is 0 Å². The summed E-state index contributed by atoms with van der Waals surface area (Å²) in [7, 11) is 0. The zero-order chi connectivity index (χ0) is 27.5. The predicted molar refractivity (Wildman–Crippen MR) is 149 cm³/mol. The fourth-order valence-corrected chi connectivity index (χ4v) is 5.18. The van der Waals surface area contributed by atoms with Gasteiger partial charge in [-0.3, -0.25) is 19.1 Å². The Balaban J connectivity index is 1.29. The molecule has 0 aliphatic carbocycles. The highest BCUT2D eigenvalue weighted by Crippen LogP contribution is 2.27. The number of likely N-dealkylation sites (tertiary alicyclic amines) is 1. The van der Waals surface area contributed by atoms with Crippen molar-refractivity contribution in [2.75, 3.05) is 13.1 Å². The largest absolute Gasteiger partial charge is 0.350 e. The molecule has 1 fully saturated rings. The van der Waals surface area contributed by atoms with Crippen LogP contribution in [0.5, 0.6) is 0 Å². The highest BCUT2D eigenvalue weighted by atomic mass is 79.9. The third-order valence-electron chi connectivity index (χ3n) is 6.84. The fourth-order valence-electron chi connectivity index (χ4n) is 4.80. The molecule has 11 heteroatoms. The number of hydrogen-bond donors (Lipinski definition) is 1. The Morgan fingerprint density at radius 3 is 2.64 bits per heavy atom. The summed E-state index contributed by atoms with van der Waals surface area (Å²) < 4.78 is 2.29. The van der Waals surface area contributed by atoms with Crippen LogP contribution in [0.25, 0.3) is 22.0 Å². The van der Waals surface area contributed by atoms with Gasteiger partial charge in [0, 0.05) is 43.4 Å². The number of ketones is 1. The highest BCUT2D eigenvalue weighted by Gasteiger charge is 2.29. The molecule has 5 rings (SSSR count). The number of pyridine rings is 1. The maximum atomic E-state index is 13.3. The number of nitrogens with zero attached hydrogens (tertiary/aromatic N) is 6. The quantitative estimate of drug-likeness (QED) is 0.257. The van der Waals surface area contributed by atoms with Crippen molar-refractivity contribution >= 4 is 44.4 Å². The Hall–Kier alpha value is -3.99. The normalized spacial score (nSPS) is 15.4. The number of benzene rings is 1. The third-order valence-corrected chi connectivity index (χ3v) is 7.29. The number of piperidine rings is 1. The van der Waals surface area contributed by atoms with E-state index >= 15 is 0 Å². The van der Waals surface area contributed by atoms with Gasteiger partial charge in [-0.1, -0.05) is 12.1 Å². The Labute approximate surface area is 234 Å². The molecule has 4 heterocycles. The molecule has 1 saturated heterocycles. The molecule has 10 nitrogen and oxygen atoms in total. The average molecular weight is 590 g/mol. The van der Waals surface area contributed by atoms with Crippen LogP contribution in [0.1, 0.15) is 41.8 Å². The summed E-state index contributed by atoms with van der Waals surface area (Å²) >= 11 is 3.34. The zero-order valence-electron chi connectivity index (χ0n) is 21.7. The first-order valence-electron chi connectivity index (χ1n) is 12.8. The van der Waals surface area contributed by atoms with Crippen LogP contribution >= 0.6 is 15.9 Å². The number of nitrogens with one attached hydrogen (secondary N) is 1. The van der Waals surface area contributed by atoms with Crippen LogP contribution in [0, 0.1) is 12.8 Å². The van der Waals surface area contributed by atoms with E-state index in [0.717, 1.165) is 23.2 Å². The smallest absolute Gasteiger partial charge is 0.244 e. The number of carbonyl (C=O) groups excluding carboxylic acids is 3. The molecule has 1 atom stereocenters. The third kappa shape index (κ3) is 6.03. The minimum atomic E-state index is -0.295. The minimum Gasteiger partial charge on any atom is -0.350 e. The number of aromatic nitrogens is 5. The van der Waals surface area contributed by atoms with Crippen LogP contribution in [0.3, 0.4) is 0 Å². The SMILES string of the molecule is CC(=O)c1nn(CC(=O)N2CCCC(C(=O)NCc3cccc(Br)n3)C2)c2ccc(-c3cnc(C)nc3)cc12. The molecule has 0 spiro atoms. The summed E-state index contributed by atoms with van der Waals surface area (Å²) in [5.74, 6) is -0.0362. The van der Waals surface area contributed by atoms with Crippen LogP contribution in [0.2, 0.25) is 0 Å². The first-order chi connectivity index (χ1) is 18.8. The maximum absolute atomic E-state index is 13.3. The summed E-state index contributed by atoms with van der Waals surface area (Å²) in [5.41, 5.74) is 3.45. The second-order valence-corrected chi connectivity index (χ2v) is 10.5. The summed E-state index contributed by atoms with van der Waals surface area (Å²) in [6, 6.07) is 11.2. The number of Topliss-reactive ketones (excluding diaryl/α,β-unsaturated/α-hetero) is 1. The Morgan fingerprint density at radius 1 is 1.10 bits per heavy atom. The van der Waals surface area contributed by atoms with Crippen molar-refractivity contribution in [1.82, 2.24) is 34.9 Å². The number of aryl methyl sites for hydroxylation is 1. The Bertz CT molecular complexity index is 1550. The lowest BCUT2D eigenvalue weighted by Crippen LogP contribution is -2.46. The molecule has 2 amide bonds. The van der Waals surface area contributed by atoms with Crippen molar-refractivity contribution in [3.8, 4) is 11.1 Å². The highest BCUT2D eigenvalue weighted by molar-refractivity contribution is 9.10. The fraction of sp³-hybridized carbons (Fsp3) is 0.321. The van der Waals surface area contributed by atoms with Crippen LogP contribution in [-0.2, 0) is 22.7 Å². The van der Waals surface area contributed by atoms with Gasteiger partial charge in [0.05, 0.1) is 23.7 Å².